The molecule has 0 saturated carbocycles. The zero-order chi connectivity index (χ0) is 14.2. The molecule has 0 atom stereocenters. The summed E-state index contributed by atoms with van der Waals surface area (Å²) in [6, 6.07) is 9.43. The largest absolute Gasteiger partial charge is 0.383 e. The number of rotatable bonds is 7. The lowest BCUT2D eigenvalue weighted by atomic mass is 10.0. The van der Waals surface area contributed by atoms with E-state index in [1.807, 2.05) is 11.8 Å². The third-order valence-corrected chi connectivity index (χ3v) is 4.81. The molecule has 1 aliphatic rings. The number of nitrogens with zero attached hydrogens (tertiary/aromatic N) is 1. The average molecular weight is 294 g/mol. The van der Waals surface area contributed by atoms with Gasteiger partial charge < -0.3 is 10.1 Å². The number of hydrogen-bond donors (Lipinski definition) is 1. The molecule has 1 fully saturated rings. The maximum atomic E-state index is 5.29. The lowest BCUT2D eigenvalue weighted by Crippen LogP contribution is -2.44. The summed E-state index contributed by atoms with van der Waals surface area (Å²) >= 11 is 1.84. The first kappa shape index (κ1) is 15.8. The molecule has 2 rings (SSSR count). The van der Waals surface area contributed by atoms with E-state index in [-0.39, 0.29) is 0 Å². The summed E-state index contributed by atoms with van der Waals surface area (Å²) in [5.74, 6) is 0. The van der Waals surface area contributed by atoms with Crippen molar-refractivity contribution in [1.29, 1.82) is 0 Å². The molecule has 0 bridgehead atoms. The molecule has 112 valence electrons. The van der Waals surface area contributed by atoms with Gasteiger partial charge in [-0.1, -0.05) is 18.2 Å². The van der Waals surface area contributed by atoms with Crippen LogP contribution in [0.25, 0.3) is 0 Å². The summed E-state index contributed by atoms with van der Waals surface area (Å²) in [6.07, 6.45) is 4.64. The Labute approximate surface area is 127 Å². The van der Waals surface area contributed by atoms with Gasteiger partial charge in [-0.15, -0.1) is 11.8 Å². The molecule has 0 aliphatic carbocycles. The predicted octanol–water partition coefficient (Wildman–Crippen LogP) is 2.61. The van der Waals surface area contributed by atoms with Crippen LogP contribution in [-0.2, 0) is 11.3 Å². The Hall–Kier alpha value is -0.550. The fourth-order valence-electron chi connectivity index (χ4n) is 2.82. The van der Waals surface area contributed by atoms with Crippen LogP contribution in [0.1, 0.15) is 18.4 Å². The number of benzene rings is 1. The van der Waals surface area contributed by atoms with E-state index in [4.69, 9.17) is 4.74 Å². The van der Waals surface area contributed by atoms with E-state index in [0.29, 0.717) is 6.04 Å². The summed E-state index contributed by atoms with van der Waals surface area (Å²) in [5.41, 5.74) is 1.44. The van der Waals surface area contributed by atoms with Crippen LogP contribution in [0.15, 0.2) is 29.2 Å². The average Bonchev–Trinajstić information content (AvgIpc) is 2.52. The van der Waals surface area contributed by atoms with Crippen LogP contribution in [-0.4, -0.2) is 50.5 Å². The van der Waals surface area contributed by atoms with Gasteiger partial charge in [0, 0.05) is 31.1 Å². The molecule has 0 spiro atoms. The highest BCUT2D eigenvalue weighted by molar-refractivity contribution is 7.98. The summed E-state index contributed by atoms with van der Waals surface area (Å²) in [6.45, 7) is 5.14. The Balaban J connectivity index is 2.05. The van der Waals surface area contributed by atoms with Crippen LogP contribution < -0.4 is 5.32 Å². The number of hydrogen-bond acceptors (Lipinski definition) is 4. The van der Waals surface area contributed by atoms with Gasteiger partial charge in [-0.25, -0.2) is 0 Å². The Bertz CT molecular complexity index is 394. The van der Waals surface area contributed by atoms with Crippen molar-refractivity contribution < 1.29 is 4.74 Å². The minimum absolute atomic E-state index is 0.682. The first-order valence-electron chi connectivity index (χ1n) is 7.40. The Kier molecular flexibility index (Phi) is 6.87. The molecular formula is C16H26N2OS. The van der Waals surface area contributed by atoms with Gasteiger partial charge in [0.2, 0.25) is 0 Å². The lowest BCUT2D eigenvalue weighted by Gasteiger charge is -2.35. The van der Waals surface area contributed by atoms with E-state index in [1.165, 1.54) is 23.3 Å². The van der Waals surface area contributed by atoms with Crippen LogP contribution in [0.2, 0.25) is 0 Å². The van der Waals surface area contributed by atoms with Crippen molar-refractivity contribution in [3.63, 3.8) is 0 Å². The summed E-state index contributed by atoms with van der Waals surface area (Å²) in [5, 5.41) is 3.45. The Morgan fingerprint density at radius 2 is 2.05 bits per heavy atom. The minimum Gasteiger partial charge on any atom is -0.383 e. The highest BCUT2D eigenvalue weighted by atomic mass is 32.2. The topological polar surface area (TPSA) is 24.5 Å². The fraction of sp³-hybridized carbons (Fsp3) is 0.625. The maximum absolute atomic E-state index is 5.29. The molecule has 20 heavy (non-hydrogen) atoms. The normalized spacial score (nSPS) is 16.8. The van der Waals surface area contributed by atoms with Gasteiger partial charge in [0.05, 0.1) is 6.61 Å². The molecule has 0 aromatic heterocycles. The molecule has 0 unspecified atom stereocenters. The van der Waals surface area contributed by atoms with Crippen molar-refractivity contribution in [2.75, 3.05) is 39.6 Å². The second-order valence-electron chi connectivity index (χ2n) is 5.26. The number of piperidine rings is 1. The molecule has 1 aromatic rings. The van der Waals surface area contributed by atoms with Gasteiger partial charge in [-0.3, -0.25) is 4.90 Å². The molecule has 1 N–H and O–H groups in total. The van der Waals surface area contributed by atoms with Crippen molar-refractivity contribution >= 4 is 11.8 Å². The molecule has 4 heteroatoms. The predicted molar refractivity (Wildman–Crippen MR) is 86.4 cm³/mol. The second kappa shape index (κ2) is 8.67. The molecule has 1 saturated heterocycles. The monoisotopic (exact) mass is 294 g/mol. The molecule has 0 radical (unpaired) electrons. The maximum Gasteiger partial charge on any atom is 0.0589 e. The van der Waals surface area contributed by atoms with Crippen molar-refractivity contribution in [1.82, 2.24) is 10.2 Å². The van der Waals surface area contributed by atoms with E-state index in [0.717, 1.165) is 32.8 Å². The van der Waals surface area contributed by atoms with E-state index in [1.54, 1.807) is 7.11 Å². The van der Waals surface area contributed by atoms with Crippen molar-refractivity contribution in [3.05, 3.63) is 29.8 Å². The molecule has 0 amide bonds. The molecule has 1 aliphatic heterocycles. The number of ether oxygens (including phenoxy) is 1. The van der Waals surface area contributed by atoms with Crippen molar-refractivity contribution in [3.8, 4) is 0 Å². The lowest BCUT2D eigenvalue weighted by molar-refractivity contribution is 0.0990. The smallest absolute Gasteiger partial charge is 0.0589 e. The van der Waals surface area contributed by atoms with Gasteiger partial charge in [-0.05, 0) is 43.8 Å². The van der Waals surface area contributed by atoms with Gasteiger partial charge in [0.25, 0.3) is 0 Å². The van der Waals surface area contributed by atoms with Crippen LogP contribution in [0.3, 0.4) is 0 Å². The molecular weight excluding hydrogens is 268 g/mol. The SMILES string of the molecule is COCCN(Cc1ccccc1SC)C1CCNCC1. The summed E-state index contributed by atoms with van der Waals surface area (Å²) in [7, 11) is 1.79. The zero-order valence-electron chi connectivity index (χ0n) is 12.6. The van der Waals surface area contributed by atoms with Crippen LogP contribution in [0.5, 0.6) is 0 Å². The molecule has 1 aromatic carbocycles. The van der Waals surface area contributed by atoms with Gasteiger partial charge in [-0.2, -0.15) is 0 Å². The third-order valence-electron chi connectivity index (χ3n) is 3.97. The first-order chi connectivity index (χ1) is 9.85. The molecule has 1 heterocycles. The number of methoxy groups -OCH3 is 1. The van der Waals surface area contributed by atoms with Gasteiger partial charge in [0.15, 0.2) is 0 Å². The molecule has 3 nitrogen and oxygen atoms in total. The zero-order valence-corrected chi connectivity index (χ0v) is 13.4. The van der Waals surface area contributed by atoms with Crippen molar-refractivity contribution in [2.24, 2.45) is 0 Å². The van der Waals surface area contributed by atoms with Crippen LogP contribution >= 0.6 is 11.8 Å². The standard InChI is InChI=1S/C16H26N2OS/c1-19-12-11-18(15-7-9-17-10-8-15)13-14-5-3-4-6-16(14)20-2/h3-6,15,17H,7-13H2,1-2H3. The highest BCUT2D eigenvalue weighted by Gasteiger charge is 2.21. The first-order valence-corrected chi connectivity index (χ1v) is 8.63. The third kappa shape index (κ3) is 4.48. The van der Waals surface area contributed by atoms with E-state index in [2.05, 4.69) is 40.7 Å². The quantitative estimate of drug-likeness (QED) is 0.781. The fourth-order valence-corrected chi connectivity index (χ4v) is 3.43. The van der Waals surface area contributed by atoms with Crippen LogP contribution in [0.4, 0.5) is 0 Å². The van der Waals surface area contributed by atoms with E-state index in [9.17, 15) is 0 Å². The summed E-state index contributed by atoms with van der Waals surface area (Å²) < 4.78 is 5.29. The van der Waals surface area contributed by atoms with E-state index < -0.39 is 0 Å². The van der Waals surface area contributed by atoms with Crippen molar-refractivity contribution in [2.45, 2.75) is 30.3 Å². The summed E-state index contributed by atoms with van der Waals surface area (Å²) in [4.78, 5) is 3.99. The Morgan fingerprint density at radius 3 is 2.75 bits per heavy atom. The minimum atomic E-state index is 0.682. The Morgan fingerprint density at radius 1 is 1.30 bits per heavy atom. The highest BCUT2D eigenvalue weighted by Crippen LogP contribution is 2.23. The van der Waals surface area contributed by atoms with Gasteiger partial charge >= 0.3 is 0 Å². The second-order valence-corrected chi connectivity index (χ2v) is 6.10. The number of nitrogens with one attached hydrogen (secondary N) is 1. The van der Waals surface area contributed by atoms with Gasteiger partial charge in [0.1, 0.15) is 0 Å². The van der Waals surface area contributed by atoms with E-state index >= 15 is 0 Å². The number of thioether (sulfide) groups is 1. The van der Waals surface area contributed by atoms with Crippen LogP contribution in [0, 0.1) is 0 Å².